The predicted molar refractivity (Wildman–Crippen MR) is 67.7 cm³/mol. The number of aromatic nitrogens is 2. The minimum atomic E-state index is 0.123. The van der Waals surface area contributed by atoms with Crippen molar-refractivity contribution < 1.29 is 0 Å². The van der Waals surface area contributed by atoms with Gasteiger partial charge < -0.3 is 0 Å². The van der Waals surface area contributed by atoms with Crippen LogP contribution in [0, 0.1) is 5.92 Å². The predicted octanol–water partition coefficient (Wildman–Crippen LogP) is 3.44. The van der Waals surface area contributed by atoms with Crippen molar-refractivity contribution in [3.63, 3.8) is 0 Å². The van der Waals surface area contributed by atoms with Gasteiger partial charge in [-0.1, -0.05) is 32.0 Å². The summed E-state index contributed by atoms with van der Waals surface area (Å²) in [4.78, 5) is 8.57. The lowest BCUT2D eigenvalue weighted by Crippen LogP contribution is -2.12. The third-order valence-electron chi connectivity index (χ3n) is 2.74. The summed E-state index contributed by atoms with van der Waals surface area (Å²) in [5, 5.41) is 1.23. The highest BCUT2D eigenvalue weighted by atomic mass is 35.5. The first-order chi connectivity index (χ1) is 7.68. The van der Waals surface area contributed by atoms with Gasteiger partial charge in [-0.25, -0.2) is 9.97 Å². The number of nitrogens with zero attached hydrogens (tertiary/aromatic N) is 2. The highest BCUT2D eigenvalue weighted by Gasteiger charge is 2.13. The Morgan fingerprint density at radius 2 is 1.94 bits per heavy atom. The van der Waals surface area contributed by atoms with Crippen LogP contribution >= 0.6 is 11.6 Å². The van der Waals surface area contributed by atoms with Crippen LogP contribution in [0.1, 0.15) is 19.5 Å². The van der Waals surface area contributed by atoms with E-state index < -0.39 is 0 Å². The monoisotopic (exact) mass is 234 g/mol. The lowest BCUT2D eigenvalue weighted by molar-refractivity contribution is 0.592. The number of hydrogen-bond acceptors (Lipinski definition) is 2. The molecule has 16 heavy (non-hydrogen) atoms. The summed E-state index contributed by atoms with van der Waals surface area (Å²) in [7, 11) is 0. The zero-order valence-corrected chi connectivity index (χ0v) is 10.3. The van der Waals surface area contributed by atoms with Gasteiger partial charge in [0.25, 0.3) is 0 Å². The topological polar surface area (TPSA) is 25.8 Å². The number of hydrogen-bond donors (Lipinski definition) is 0. The van der Waals surface area contributed by atoms with Crippen molar-refractivity contribution in [2.45, 2.75) is 25.6 Å². The summed E-state index contributed by atoms with van der Waals surface area (Å²) in [6, 6.07) is 8.04. The molecular formula is C13H15ClN2. The van der Waals surface area contributed by atoms with Gasteiger partial charge in [-0.2, -0.15) is 0 Å². The molecule has 0 aliphatic rings. The van der Waals surface area contributed by atoms with Crippen molar-refractivity contribution in [2.75, 3.05) is 0 Å². The molecule has 0 amide bonds. The van der Waals surface area contributed by atoms with E-state index in [-0.39, 0.29) is 5.38 Å². The van der Waals surface area contributed by atoms with Crippen molar-refractivity contribution in [3.8, 4) is 0 Å². The minimum Gasteiger partial charge on any atom is -0.241 e. The molecule has 0 fully saturated rings. The molecule has 0 N–H and O–H groups in total. The molecule has 0 aliphatic heterocycles. The fourth-order valence-electron chi connectivity index (χ4n) is 1.64. The minimum absolute atomic E-state index is 0.123. The largest absolute Gasteiger partial charge is 0.241 e. The van der Waals surface area contributed by atoms with Crippen LogP contribution in [-0.4, -0.2) is 15.3 Å². The zero-order chi connectivity index (χ0) is 11.5. The second kappa shape index (κ2) is 4.79. The summed E-state index contributed by atoms with van der Waals surface area (Å²) < 4.78 is 0. The zero-order valence-electron chi connectivity index (χ0n) is 9.52. The molecule has 0 saturated carbocycles. The van der Waals surface area contributed by atoms with Crippen molar-refractivity contribution in [3.05, 3.63) is 36.3 Å². The average Bonchev–Trinajstić information content (AvgIpc) is 2.29. The van der Waals surface area contributed by atoms with E-state index in [1.165, 1.54) is 0 Å². The Labute approximate surface area is 101 Å². The molecule has 1 heterocycles. The van der Waals surface area contributed by atoms with Gasteiger partial charge in [0.2, 0.25) is 0 Å². The van der Waals surface area contributed by atoms with Crippen molar-refractivity contribution >= 4 is 22.5 Å². The molecule has 3 heteroatoms. The standard InChI is InChI=1S/C13H15ClN2/c1-9(2)11(14)7-13-10-5-3-4-6-12(10)15-8-16-13/h3-6,8-9,11H,7H2,1-2H3. The molecule has 0 radical (unpaired) electrons. The van der Waals surface area contributed by atoms with Crippen LogP contribution < -0.4 is 0 Å². The molecule has 0 bridgehead atoms. The first-order valence-corrected chi connectivity index (χ1v) is 5.95. The summed E-state index contributed by atoms with van der Waals surface area (Å²) in [6.07, 6.45) is 2.41. The second-order valence-corrected chi connectivity index (χ2v) is 4.86. The Morgan fingerprint density at radius 1 is 1.19 bits per heavy atom. The third-order valence-corrected chi connectivity index (χ3v) is 3.40. The highest BCUT2D eigenvalue weighted by Crippen LogP contribution is 2.20. The molecule has 0 aliphatic carbocycles. The number of para-hydroxylation sites is 1. The molecule has 0 spiro atoms. The van der Waals surface area contributed by atoms with Crippen LogP contribution in [0.5, 0.6) is 0 Å². The van der Waals surface area contributed by atoms with Gasteiger partial charge in [-0.3, -0.25) is 0 Å². The second-order valence-electron chi connectivity index (χ2n) is 4.30. The van der Waals surface area contributed by atoms with E-state index in [2.05, 4.69) is 29.9 Å². The Morgan fingerprint density at radius 3 is 2.69 bits per heavy atom. The molecule has 2 aromatic rings. The van der Waals surface area contributed by atoms with Gasteiger partial charge in [-0.05, 0) is 12.0 Å². The average molecular weight is 235 g/mol. The summed E-state index contributed by atoms with van der Waals surface area (Å²) in [6.45, 7) is 4.25. The normalized spacial score (nSPS) is 13.2. The van der Waals surface area contributed by atoms with Crippen LogP contribution in [0.4, 0.5) is 0 Å². The smallest absolute Gasteiger partial charge is 0.116 e. The number of fused-ring (bicyclic) bond motifs is 1. The third kappa shape index (κ3) is 2.33. The Bertz CT molecular complexity index is 477. The fourth-order valence-corrected chi connectivity index (χ4v) is 1.79. The maximum absolute atomic E-state index is 6.29. The van der Waals surface area contributed by atoms with E-state index in [0.29, 0.717) is 5.92 Å². The molecule has 1 unspecified atom stereocenters. The van der Waals surface area contributed by atoms with Gasteiger partial charge in [0.15, 0.2) is 0 Å². The number of rotatable bonds is 3. The van der Waals surface area contributed by atoms with Gasteiger partial charge in [0.1, 0.15) is 6.33 Å². The molecule has 1 atom stereocenters. The first kappa shape index (κ1) is 11.3. The molecule has 0 saturated heterocycles. The number of benzene rings is 1. The van der Waals surface area contributed by atoms with Crippen LogP contribution in [0.25, 0.3) is 10.9 Å². The van der Waals surface area contributed by atoms with E-state index in [9.17, 15) is 0 Å². The first-order valence-electron chi connectivity index (χ1n) is 5.51. The number of alkyl halides is 1. The quantitative estimate of drug-likeness (QED) is 0.761. The van der Waals surface area contributed by atoms with E-state index in [1.807, 2.05) is 18.2 Å². The lowest BCUT2D eigenvalue weighted by Gasteiger charge is -2.13. The molecule has 2 nitrogen and oxygen atoms in total. The van der Waals surface area contributed by atoms with E-state index in [0.717, 1.165) is 23.0 Å². The van der Waals surface area contributed by atoms with E-state index >= 15 is 0 Å². The summed E-state index contributed by atoms with van der Waals surface area (Å²) >= 11 is 6.29. The lowest BCUT2D eigenvalue weighted by atomic mass is 10.0. The van der Waals surface area contributed by atoms with Gasteiger partial charge in [0.05, 0.1) is 11.2 Å². The van der Waals surface area contributed by atoms with Crippen LogP contribution in [0.15, 0.2) is 30.6 Å². The van der Waals surface area contributed by atoms with Crippen LogP contribution in [0.2, 0.25) is 0 Å². The maximum Gasteiger partial charge on any atom is 0.116 e. The number of halogens is 1. The SMILES string of the molecule is CC(C)C(Cl)Cc1ncnc2ccccc12. The maximum atomic E-state index is 6.29. The van der Waals surface area contributed by atoms with E-state index in [4.69, 9.17) is 11.6 Å². The van der Waals surface area contributed by atoms with Crippen molar-refractivity contribution in [1.29, 1.82) is 0 Å². The summed E-state index contributed by atoms with van der Waals surface area (Å²) in [5.41, 5.74) is 2.03. The molecule has 2 rings (SSSR count). The summed E-state index contributed by atoms with van der Waals surface area (Å²) in [5.74, 6) is 0.454. The molecule has 1 aromatic heterocycles. The molecule has 1 aromatic carbocycles. The Hall–Kier alpha value is -1.15. The molecular weight excluding hydrogens is 220 g/mol. The van der Waals surface area contributed by atoms with Crippen LogP contribution in [-0.2, 0) is 6.42 Å². The van der Waals surface area contributed by atoms with Gasteiger partial charge in [-0.15, -0.1) is 11.6 Å². The van der Waals surface area contributed by atoms with Crippen molar-refractivity contribution in [2.24, 2.45) is 5.92 Å². The van der Waals surface area contributed by atoms with E-state index in [1.54, 1.807) is 6.33 Å². The fraction of sp³-hybridized carbons (Fsp3) is 0.385. The Balaban J connectivity index is 2.37. The molecule has 84 valence electrons. The van der Waals surface area contributed by atoms with Crippen LogP contribution in [0.3, 0.4) is 0 Å². The van der Waals surface area contributed by atoms with Crippen molar-refractivity contribution in [1.82, 2.24) is 9.97 Å². The van der Waals surface area contributed by atoms with Gasteiger partial charge >= 0.3 is 0 Å². The van der Waals surface area contributed by atoms with Gasteiger partial charge in [0, 0.05) is 17.2 Å². The Kier molecular flexibility index (Phi) is 3.39. The highest BCUT2D eigenvalue weighted by molar-refractivity contribution is 6.20.